The van der Waals surface area contributed by atoms with E-state index >= 15 is 0 Å². The lowest BCUT2D eigenvalue weighted by Crippen LogP contribution is -2.36. The number of para-hydroxylation sites is 1. The molecule has 3 heterocycles. The quantitative estimate of drug-likeness (QED) is 0.680. The number of likely N-dealkylation sites (tertiary alicyclic amines) is 1. The van der Waals surface area contributed by atoms with Gasteiger partial charge < -0.3 is 9.42 Å². The first kappa shape index (κ1) is 18.1. The van der Waals surface area contributed by atoms with Crippen LogP contribution in [0.5, 0.6) is 0 Å². The van der Waals surface area contributed by atoms with E-state index in [1.54, 1.807) is 13.8 Å². The zero-order chi connectivity index (χ0) is 20.1. The maximum atomic E-state index is 13.3. The third kappa shape index (κ3) is 3.05. The lowest BCUT2D eigenvalue weighted by atomic mass is 10.1. The Balaban J connectivity index is 1.62. The number of benzene rings is 1. The summed E-state index contributed by atoms with van der Waals surface area (Å²) in [7, 11) is 0. The molecule has 1 aliphatic carbocycles. The molecule has 7 heteroatoms. The topological polar surface area (TPSA) is 81.2 Å². The van der Waals surface area contributed by atoms with Crippen molar-refractivity contribution in [1.29, 1.82) is 0 Å². The molecule has 150 valence electrons. The zero-order valence-electron chi connectivity index (χ0n) is 16.7. The molecule has 1 saturated carbocycles. The first-order valence-corrected chi connectivity index (χ1v) is 10.3. The molecule has 2 aromatic heterocycles. The predicted molar refractivity (Wildman–Crippen MR) is 108 cm³/mol. The van der Waals surface area contributed by atoms with Crippen LogP contribution in [0.3, 0.4) is 0 Å². The number of hydrogen-bond donors (Lipinski definition) is 0. The van der Waals surface area contributed by atoms with Gasteiger partial charge in [-0.15, -0.1) is 0 Å². The van der Waals surface area contributed by atoms with Crippen molar-refractivity contribution in [2.45, 2.75) is 52.1 Å². The Bertz CT molecular complexity index is 1140. The summed E-state index contributed by atoms with van der Waals surface area (Å²) in [5.41, 5.74) is 1.80. The number of carbonyl (C=O) groups is 1. The first-order chi connectivity index (χ1) is 14.0. The van der Waals surface area contributed by atoms with Gasteiger partial charge in [-0.2, -0.15) is 0 Å². The van der Waals surface area contributed by atoms with Crippen LogP contribution in [-0.2, 0) is 6.54 Å². The van der Waals surface area contributed by atoms with Gasteiger partial charge in [-0.3, -0.25) is 14.2 Å². The molecule has 1 unspecified atom stereocenters. The number of aromatic nitrogens is 3. The fourth-order valence-electron chi connectivity index (χ4n) is 4.38. The second kappa shape index (κ2) is 6.83. The van der Waals surface area contributed by atoms with Gasteiger partial charge >= 0.3 is 0 Å². The Morgan fingerprint density at radius 3 is 2.72 bits per heavy atom. The normalized spacial score (nSPS) is 19.2. The molecule has 1 aliphatic heterocycles. The van der Waals surface area contributed by atoms with Gasteiger partial charge in [-0.05, 0) is 57.6 Å². The third-order valence-corrected chi connectivity index (χ3v) is 6.09. The van der Waals surface area contributed by atoms with Crippen molar-refractivity contribution in [3.05, 3.63) is 57.5 Å². The molecule has 1 saturated heterocycles. The highest BCUT2D eigenvalue weighted by Gasteiger charge is 2.37. The average molecular weight is 392 g/mol. The van der Waals surface area contributed by atoms with Crippen molar-refractivity contribution in [3.63, 3.8) is 0 Å². The third-order valence-electron chi connectivity index (χ3n) is 6.09. The minimum absolute atomic E-state index is 0.00543. The van der Waals surface area contributed by atoms with Crippen molar-refractivity contribution in [1.82, 2.24) is 19.6 Å². The van der Waals surface area contributed by atoms with Crippen LogP contribution in [0.1, 0.15) is 59.4 Å². The van der Waals surface area contributed by atoms with Gasteiger partial charge in [0.2, 0.25) is 0 Å². The molecular formula is C22H24N4O3. The molecule has 29 heavy (non-hydrogen) atoms. The fourth-order valence-corrected chi connectivity index (χ4v) is 4.38. The number of hydrogen-bond acceptors (Lipinski definition) is 5. The Labute approximate surface area is 168 Å². The highest BCUT2D eigenvalue weighted by molar-refractivity contribution is 5.96. The first-order valence-electron chi connectivity index (χ1n) is 10.3. The number of carbonyl (C=O) groups excluding carboxylic acids is 1. The molecule has 0 bridgehead atoms. The maximum absolute atomic E-state index is 13.3. The van der Waals surface area contributed by atoms with E-state index in [9.17, 15) is 9.59 Å². The number of fused-ring (bicyclic) bond motifs is 1. The Kier molecular flexibility index (Phi) is 4.26. The minimum atomic E-state index is -0.216. The van der Waals surface area contributed by atoms with E-state index in [1.165, 1.54) is 0 Å². The summed E-state index contributed by atoms with van der Waals surface area (Å²) in [5.74, 6) is 1.67. The molecule has 1 amide bonds. The van der Waals surface area contributed by atoms with Crippen molar-refractivity contribution in [2.75, 3.05) is 6.54 Å². The number of rotatable bonds is 4. The molecule has 2 fully saturated rings. The summed E-state index contributed by atoms with van der Waals surface area (Å²) in [6.07, 6.45) is 3.96. The van der Waals surface area contributed by atoms with Crippen LogP contribution in [0.4, 0.5) is 0 Å². The SMILES string of the molecule is Cc1noc(C)c1C(=O)N1CCCC1c1nc2ccccc2c(=O)n1CC1CC1. The molecular weight excluding hydrogens is 368 g/mol. The van der Waals surface area contributed by atoms with E-state index in [-0.39, 0.29) is 17.5 Å². The lowest BCUT2D eigenvalue weighted by Gasteiger charge is -2.26. The minimum Gasteiger partial charge on any atom is -0.361 e. The Morgan fingerprint density at radius 1 is 1.21 bits per heavy atom. The van der Waals surface area contributed by atoms with Crippen molar-refractivity contribution >= 4 is 16.8 Å². The van der Waals surface area contributed by atoms with Gasteiger partial charge in [0.25, 0.3) is 11.5 Å². The van der Waals surface area contributed by atoms with E-state index in [0.29, 0.717) is 52.8 Å². The summed E-state index contributed by atoms with van der Waals surface area (Å²) in [5, 5.41) is 4.57. The average Bonchev–Trinajstić information content (AvgIpc) is 3.29. The smallest absolute Gasteiger partial charge is 0.261 e. The van der Waals surface area contributed by atoms with Gasteiger partial charge in [-0.1, -0.05) is 17.3 Å². The van der Waals surface area contributed by atoms with Crippen molar-refractivity contribution in [3.8, 4) is 0 Å². The molecule has 1 aromatic carbocycles. The molecule has 0 radical (unpaired) electrons. The van der Waals surface area contributed by atoms with Gasteiger partial charge in [-0.25, -0.2) is 4.98 Å². The van der Waals surface area contributed by atoms with Crippen LogP contribution in [0, 0.1) is 19.8 Å². The predicted octanol–water partition coefficient (Wildman–Crippen LogP) is 3.39. The van der Waals surface area contributed by atoms with E-state index in [2.05, 4.69) is 5.16 Å². The van der Waals surface area contributed by atoms with Crippen LogP contribution in [0.25, 0.3) is 10.9 Å². The zero-order valence-corrected chi connectivity index (χ0v) is 16.7. The monoisotopic (exact) mass is 392 g/mol. The second-order valence-electron chi connectivity index (χ2n) is 8.20. The summed E-state index contributed by atoms with van der Waals surface area (Å²) in [6, 6.07) is 7.25. The molecule has 1 atom stereocenters. The molecule has 3 aromatic rings. The maximum Gasteiger partial charge on any atom is 0.261 e. The second-order valence-corrected chi connectivity index (χ2v) is 8.20. The van der Waals surface area contributed by atoms with Crippen LogP contribution in [-0.4, -0.2) is 32.1 Å². The largest absolute Gasteiger partial charge is 0.361 e. The van der Waals surface area contributed by atoms with Gasteiger partial charge in [0.15, 0.2) is 0 Å². The Hall–Kier alpha value is -2.96. The summed E-state index contributed by atoms with van der Waals surface area (Å²) < 4.78 is 7.03. The number of nitrogens with zero attached hydrogens (tertiary/aromatic N) is 4. The number of aryl methyl sites for hydroxylation is 2. The summed E-state index contributed by atoms with van der Waals surface area (Å²) in [4.78, 5) is 33.3. The lowest BCUT2D eigenvalue weighted by molar-refractivity contribution is 0.0724. The fraction of sp³-hybridized carbons (Fsp3) is 0.455. The van der Waals surface area contributed by atoms with Crippen LogP contribution >= 0.6 is 0 Å². The van der Waals surface area contributed by atoms with Crippen LogP contribution in [0.2, 0.25) is 0 Å². The van der Waals surface area contributed by atoms with Crippen LogP contribution in [0.15, 0.2) is 33.6 Å². The van der Waals surface area contributed by atoms with E-state index in [1.807, 2.05) is 33.7 Å². The van der Waals surface area contributed by atoms with Gasteiger partial charge in [0.1, 0.15) is 17.1 Å². The Morgan fingerprint density at radius 2 is 2.00 bits per heavy atom. The highest BCUT2D eigenvalue weighted by atomic mass is 16.5. The van der Waals surface area contributed by atoms with E-state index < -0.39 is 0 Å². The standard InChI is InChI=1S/C22H24N4O3/c1-13-19(14(2)29-24-13)22(28)25-11-5-8-18(25)20-23-17-7-4-3-6-16(17)21(27)26(20)12-15-9-10-15/h3-4,6-7,15,18H,5,8-12H2,1-2H3. The van der Waals surface area contributed by atoms with Crippen molar-refractivity contribution in [2.24, 2.45) is 5.92 Å². The van der Waals surface area contributed by atoms with Gasteiger partial charge in [0.05, 0.1) is 22.6 Å². The molecule has 0 spiro atoms. The molecule has 7 nitrogen and oxygen atoms in total. The van der Waals surface area contributed by atoms with E-state index in [0.717, 1.165) is 25.7 Å². The number of amides is 1. The molecule has 5 rings (SSSR count). The molecule has 0 N–H and O–H groups in total. The summed E-state index contributed by atoms with van der Waals surface area (Å²) >= 11 is 0. The van der Waals surface area contributed by atoms with Crippen LogP contribution < -0.4 is 5.56 Å². The van der Waals surface area contributed by atoms with Crippen molar-refractivity contribution < 1.29 is 9.32 Å². The summed E-state index contributed by atoms with van der Waals surface area (Å²) in [6.45, 7) is 4.86. The molecule has 2 aliphatic rings. The van der Waals surface area contributed by atoms with E-state index in [4.69, 9.17) is 9.51 Å². The van der Waals surface area contributed by atoms with Gasteiger partial charge in [0, 0.05) is 13.1 Å². The highest BCUT2D eigenvalue weighted by Crippen LogP contribution is 2.36.